The van der Waals surface area contributed by atoms with Crippen LogP contribution in [0.2, 0.25) is 0 Å². The number of hydrogen-bond acceptors (Lipinski definition) is 5. The summed E-state index contributed by atoms with van der Waals surface area (Å²) in [7, 11) is -3.82. The molecular formula is C16H21N5O2S. The SMILES string of the molecule is Cc1cc(C)n(C[C@@H](C)CNc2ccc(S(N)(=O)=O)cc2C#N)n1. The van der Waals surface area contributed by atoms with Crippen LogP contribution in [0.15, 0.2) is 29.2 Å². The second-order valence-corrected chi connectivity index (χ2v) is 7.52. The van der Waals surface area contributed by atoms with E-state index in [1.165, 1.54) is 12.1 Å². The standard InChI is InChI=1S/C16H21N5O2S/c1-11(10-21-13(3)6-12(2)20-21)9-19-16-5-4-15(24(18,22)23)7-14(16)8-17/h4-7,11,19H,9-10H2,1-3H3,(H2,18,22,23)/t11-/m0/s1. The van der Waals surface area contributed by atoms with Gasteiger partial charge in [-0.3, -0.25) is 4.68 Å². The average Bonchev–Trinajstić information content (AvgIpc) is 2.81. The molecule has 2 aromatic rings. The molecule has 128 valence electrons. The Morgan fingerprint density at radius 3 is 2.62 bits per heavy atom. The Hall–Kier alpha value is -2.37. The predicted molar refractivity (Wildman–Crippen MR) is 91.9 cm³/mol. The lowest BCUT2D eigenvalue weighted by atomic mass is 10.1. The van der Waals surface area contributed by atoms with Gasteiger partial charge in [0, 0.05) is 18.8 Å². The number of nitrogens with zero attached hydrogens (tertiary/aromatic N) is 3. The van der Waals surface area contributed by atoms with Gasteiger partial charge in [0.25, 0.3) is 0 Å². The molecule has 0 unspecified atom stereocenters. The molecule has 0 saturated carbocycles. The number of sulfonamides is 1. The highest BCUT2D eigenvalue weighted by atomic mass is 32.2. The number of rotatable bonds is 6. The molecule has 0 saturated heterocycles. The summed E-state index contributed by atoms with van der Waals surface area (Å²) in [5.74, 6) is 0.271. The quantitative estimate of drug-likeness (QED) is 0.826. The minimum absolute atomic E-state index is 0.0692. The Balaban J connectivity index is 2.06. The van der Waals surface area contributed by atoms with Gasteiger partial charge in [0.1, 0.15) is 6.07 Å². The summed E-state index contributed by atoms with van der Waals surface area (Å²) in [5.41, 5.74) is 2.93. The molecule has 8 heteroatoms. The molecule has 0 aliphatic rings. The van der Waals surface area contributed by atoms with Gasteiger partial charge in [0.05, 0.1) is 21.8 Å². The molecule has 0 aliphatic heterocycles. The molecular weight excluding hydrogens is 326 g/mol. The van der Waals surface area contributed by atoms with Gasteiger partial charge in [0.15, 0.2) is 0 Å². The summed E-state index contributed by atoms with van der Waals surface area (Å²) in [6.45, 7) is 7.43. The van der Waals surface area contributed by atoms with Gasteiger partial charge in [-0.15, -0.1) is 0 Å². The zero-order chi connectivity index (χ0) is 17.9. The summed E-state index contributed by atoms with van der Waals surface area (Å²) in [6, 6.07) is 8.26. The van der Waals surface area contributed by atoms with Gasteiger partial charge in [-0.25, -0.2) is 13.6 Å². The van der Waals surface area contributed by atoms with E-state index in [1.54, 1.807) is 6.07 Å². The van der Waals surface area contributed by atoms with Crippen molar-refractivity contribution < 1.29 is 8.42 Å². The summed E-state index contributed by atoms with van der Waals surface area (Å²) in [4.78, 5) is -0.0692. The maximum absolute atomic E-state index is 11.4. The fraction of sp³-hybridized carbons (Fsp3) is 0.375. The van der Waals surface area contributed by atoms with E-state index in [9.17, 15) is 13.7 Å². The highest BCUT2D eigenvalue weighted by molar-refractivity contribution is 7.89. The van der Waals surface area contributed by atoms with Crippen LogP contribution in [-0.2, 0) is 16.6 Å². The third-order valence-electron chi connectivity index (χ3n) is 3.67. The Morgan fingerprint density at radius 2 is 2.08 bits per heavy atom. The molecule has 0 spiro atoms. The number of anilines is 1. The van der Waals surface area contributed by atoms with E-state index in [-0.39, 0.29) is 16.4 Å². The first kappa shape index (κ1) is 18.0. The van der Waals surface area contributed by atoms with Crippen LogP contribution in [0.25, 0.3) is 0 Å². The van der Waals surface area contributed by atoms with E-state index in [0.717, 1.165) is 17.9 Å². The van der Waals surface area contributed by atoms with Crippen LogP contribution < -0.4 is 10.5 Å². The van der Waals surface area contributed by atoms with E-state index in [4.69, 9.17) is 5.14 Å². The van der Waals surface area contributed by atoms with Crippen LogP contribution in [0.1, 0.15) is 23.9 Å². The Labute approximate surface area is 142 Å². The molecule has 0 radical (unpaired) electrons. The first-order valence-electron chi connectivity index (χ1n) is 7.52. The number of aryl methyl sites for hydroxylation is 2. The number of nitrogens with two attached hydrogens (primary N) is 1. The molecule has 1 aromatic heterocycles. The van der Waals surface area contributed by atoms with Crippen LogP contribution in [0.5, 0.6) is 0 Å². The van der Waals surface area contributed by atoms with E-state index in [1.807, 2.05) is 30.7 Å². The van der Waals surface area contributed by atoms with E-state index in [2.05, 4.69) is 17.3 Å². The number of benzene rings is 1. The van der Waals surface area contributed by atoms with E-state index < -0.39 is 10.0 Å². The van der Waals surface area contributed by atoms with Gasteiger partial charge in [-0.2, -0.15) is 10.4 Å². The van der Waals surface area contributed by atoms with Crippen LogP contribution >= 0.6 is 0 Å². The summed E-state index contributed by atoms with van der Waals surface area (Å²) in [6.07, 6.45) is 0. The lowest BCUT2D eigenvalue weighted by molar-refractivity contribution is 0.458. The van der Waals surface area contributed by atoms with Crippen molar-refractivity contribution >= 4 is 15.7 Å². The smallest absolute Gasteiger partial charge is 0.238 e. The zero-order valence-electron chi connectivity index (χ0n) is 13.9. The van der Waals surface area contributed by atoms with Gasteiger partial charge in [0.2, 0.25) is 10.0 Å². The Morgan fingerprint density at radius 1 is 1.38 bits per heavy atom. The van der Waals surface area contributed by atoms with Crippen LogP contribution in [0.3, 0.4) is 0 Å². The highest BCUT2D eigenvalue weighted by Crippen LogP contribution is 2.19. The monoisotopic (exact) mass is 347 g/mol. The van der Waals surface area contributed by atoms with Crippen molar-refractivity contribution in [2.75, 3.05) is 11.9 Å². The van der Waals surface area contributed by atoms with Crippen LogP contribution in [0.4, 0.5) is 5.69 Å². The predicted octanol–water partition coefficient (Wildman–Crippen LogP) is 1.77. The normalized spacial score (nSPS) is 12.6. The number of nitriles is 1. The first-order valence-corrected chi connectivity index (χ1v) is 9.07. The minimum Gasteiger partial charge on any atom is -0.384 e. The van der Waals surface area contributed by atoms with Gasteiger partial charge in [-0.1, -0.05) is 6.92 Å². The third kappa shape index (κ3) is 4.34. The topological polar surface area (TPSA) is 114 Å². The molecule has 3 N–H and O–H groups in total. The molecule has 24 heavy (non-hydrogen) atoms. The molecule has 0 aliphatic carbocycles. The zero-order valence-corrected chi connectivity index (χ0v) is 14.8. The van der Waals surface area contributed by atoms with Gasteiger partial charge in [-0.05, 0) is 44.0 Å². The van der Waals surface area contributed by atoms with Crippen molar-refractivity contribution in [3.05, 3.63) is 41.2 Å². The first-order chi connectivity index (χ1) is 11.2. The fourth-order valence-corrected chi connectivity index (χ4v) is 2.99. The molecule has 0 bridgehead atoms. The van der Waals surface area contributed by atoms with Crippen molar-refractivity contribution in [1.82, 2.24) is 9.78 Å². The maximum atomic E-state index is 11.4. The summed E-state index contributed by atoms with van der Waals surface area (Å²) < 4.78 is 24.7. The number of primary sulfonamides is 1. The highest BCUT2D eigenvalue weighted by Gasteiger charge is 2.13. The lowest BCUT2D eigenvalue weighted by Crippen LogP contribution is -2.19. The van der Waals surface area contributed by atoms with Crippen molar-refractivity contribution in [1.29, 1.82) is 5.26 Å². The molecule has 1 atom stereocenters. The summed E-state index contributed by atoms with van der Waals surface area (Å²) in [5, 5.41) is 21.9. The Bertz CT molecular complexity index is 880. The Kier molecular flexibility index (Phi) is 5.26. The van der Waals surface area contributed by atoms with Crippen LogP contribution in [-0.4, -0.2) is 24.7 Å². The minimum atomic E-state index is -3.82. The second kappa shape index (κ2) is 7.03. The van der Waals surface area contributed by atoms with Crippen LogP contribution in [0, 0.1) is 31.1 Å². The largest absolute Gasteiger partial charge is 0.384 e. The maximum Gasteiger partial charge on any atom is 0.238 e. The second-order valence-electron chi connectivity index (χ2n) is 5.96. The van der Waals surface area contributed by atoms with Crippen molar-refractivity contribution in [2.24, 2.45) is 11.1 Å². The number of hydrogen-bond donors (Lipinski definition) is 2. The molecule has 0 amide bonds. The van der Waals surface area contributed by atoms with Gasteiger partial charge >= 0.3 is 0 Å². The number of nitrogens with one attached hydrogen (secondary N) is 1. The van der Waals surface area contributed by atoms with Gasteiger partial charge < -0.3 is 5.32 Å². The molecule has 7 nitrogen and oxygen atoms in total. The summed E-state index contributed by atoms with van der Waals surface area (Å²) >= 11 is 0. The van der Waals surface area contributed by atoms with Crippen molar-refractivity contribution in [3.8, 4) is 6.07 Å². The third-order valence-corrected chi connectivity index (χ3v) is 4.58. The van der Waals surface area contributed by atoms with Crippen molar-refractivity contribution in [2.45, 2.75) is 32.2 Å². The average molecular weight is 347 g/mol. The van der Waals surface area contributed by atoms with E-state index >= 15 is 0 Å². The molecule has 2 rings (SSSR count). The fourth-order valence-electron chi connectivity index (χ4n) is 2.45. The van der Waals surface area contributed by atoms with E-state index in [0.29, 0.717) is 12.2 Å². The van der Waals surface area contributed by atoms with Crippen molar-refractivity contribution in [3.63, 3.8) is 0 Å². The number of aromatic nitrogens is 2. The molecule has 1 aromatic carbocycles. The molecule has 1 heterocycles. The molecule has 0 fully saturated rings. The lowest BCUT2D eigenvalue weighted by Gasteiger charge is -2.16.